The van der Waals surface area contributed by atoms with Crippen LogP contribution in [0.25, 0.3) is 0 Å². The molecule has 2 amide bonds. The fourth-order valence-corrected chi connectivity index (χ4v) is 4.13. The fraction of sp³-hybridized carbons (Fsp3) is 0.600. The highest BCUT2D eigenvalue weighted by Gasteiger charge is 2.43. The number of amides is 2. The van der Waals surface area contributed by atoms with Gasteiger partial charge in [0.2, 0.25) is 11.8 Å². The van der Waals surface area contributed by atoms with Crippen molar-refractivity contribution < 1.29 is 40.7 Å². The van der Waals surface area contributed by atoms with Gasteiger partial charge in [-0.1, -0.05) is 0 Å². The highest BCUT2D eigenvalue weighted by atomic mass is 19.4. The molecule has 2 aliphatic rings. The summed E-state index contributed by atoms with van der Waals surface area (Å²) in [5, 5.41) is 0. The van der Waals surface area contributed by atoms with E-state index in [1.807, 2.05) is 0 Å². The first-order chi connectivity index (χ1) is 14.3. The summed E-state index contributed by atoms with van der Waals surface area (Å²) in [7, 11) is 3.20. The van der Waals surface area contributed by atoms with E-state index in [2.05, 4.69) is 0 Å². The third-order valence-electron chi connectivity index (χ3n) is 5.60. The fourth-order valence-electron chi connectivity index (χ4n) is 4.13. The van der Waals surface area contributed by atoms with Gasteiger partial charge in [0.05, 0.1) is 23.8 Å². The van der Waals surface area contributed by atoms with Gasteiger partial charge in [-0.05, 0) is 36.6 Å². The summed E-state index contributed by atoms with van der Waals surface area (Å²) >= 11 is 0. The summed E-state index contributed by atoms with van der Waals surface area (Å²) in [6.07, 6.45) is -9.50. The van der Waals surface area contributed by atoms with Crippen molar-refractivity contribution in [2.24, 2.45) is 5.92 Å². The Labute approximate surface area is 174 Å². The minimum atomic E-state index is -4.93. The van der Waals surface area contributed by atoms with Gasteiger partial charge in [0.15, 0.2) is 0 Å². The van der Waals surface area contributed by atoms with Crippen LogP contribution in [0.15, 0.2) is 18.2 Å². The molecule has 0 saturated carbocycles. The zero-order valence-electron chi connectivity index (χ0n) is 16.9. The molecule has 5 nitrogen and oxygen atoms in total. The topological polar surface area (TPSA) is 49.9 Å². The second-order valence-corrected chi connectivity index (χ2v) is 8.15. The van der Waals surface area contributed by atoms with Crippen molar-refractivity contribution in [3.05, 3.63) is 34.9 Å². The zero-order chi connectivity index (χ0) is 23.1. The second kappa shape index (κ2) is 8.33. The van der Waals surface area contributed by atoms with Crippen molar-refractivity contribution in [2.75, 3.05) is 20.6 Å². The number of halogens is 6. The molecular formula is C20H22F6N2O3. The average molecular weight is 452 g/mol. The number of carbonyl (C=O) groups is 2. The molecule has 3 atom stereocenters. The lowest BCUT2D eigenvalue weighted by Crippen LogP contribution is -2.46. The van der Waals surface area contributed by atoms with Crippen LogP contribution in [0.1, 0.15) is 36.0 Å². The Kier molecular flexibility index (Phi) is 6.28. The second-order valence-electron chi connectivity index (χ2n) is 8.15. The molecule has 3 unspecified atom stereocenters. The Bertz CT molecular complexity index is 820. The van der Waals surface area contributed by atoms with Crippen molar-refractivity contribution in [1.82, 2.24) is 9.80 Å². The minimum absolute atomic E-state index is 0.0693. The van der Waals surface area contributed by atoms with Crippen LogP contribution in [0.4, 0.5) is 26.3 Å². The van der Waals surface area contributed by atoms with E-state index in [9.17, 15) is 35.9 Å². The molecule has 0 bridgehead atoms. The summed E-state index contributed by atoms with van der Waals surface area (Å²) in [4.78, 5) is 27.6. The van der Waals surface area contributed by atoms with E-state index < -0.39 is 42.1 Å². The van der Waals surface area contributed by atoms with Crippen molar-refractivity contribution in [3.63, 3.8) is 0 Å². The number of nitrogens with zero attached hydrogens (tertiary/aromatic N) is 2. The van der Waals surface area contributed by atoms with Gasteiger partial charge in [0, 0.05) is 39.0 Å². The minimum Gasteiger partial charge on any atom is -0.372 e. The quantitative estimate of drug-likeness (QED) is 0.655. The third kappa shape index (κ3) is 5.31. The van der Waals surface area contributed by atoms with Gasteiger partial charge in [-0.2, -0.15) is 26.3 Å². The number of benzene rings is 1. The number of ether oxygens (including phenoxy) is 1. The Morgan fingerprint density at radius 2 is 1.65 bits per heavy atom. The largest absolute Gasteiger partial charge is 0.416 e. The number of rotatable bonds is 4. The Morgan fingerprint density at radius 1 is 1.06 bits per heavy atom. The maximum Gasteiger partial charge on any atom is 0.416 e. The lowest BCUT2D eigenvalue weighted by Gasteiger charge is -2.34. The molecule has 0 radical (unpaired) electrons. The Morgan fingerprint density at radius 3 is 2.16 bits per heavy atom. The van der Waals surface area contributed by atoms with E-state index in [4.69, 9.17) is 4.74 Å². The van der Waals surface area contributed by atoms with Crippen LogP contribution in [-0.2, 0) is 33.3 Å². The lowest BCUT2D eigenvalue weighted by atomic mass is 9.89. The summed E-state index contributed by atoms with van der Waals surface area (Å²) in [5.41, 5.74) is -3.05. The average Bonchev–Trinajstić information content (AvgIpc) is 3.07. The highest BCUT2D eigenvalue weighted by molar-refractivity contribution is 5.87. The molecule has 0 aliphatic carbocycles. The monoisotopic (exact) mass is 452 g/mol. The van der Waals surface area contributed by atoms with Crippen LogP contribution < -0.4 is 0 Å². The van der Waals surface area contributed by atoms with Crippen LogP contribution in [-0.4, -0.2) is 54.4 Å². The first-order valence-corrected chi connectivity index (χ1v) is 9.66. The van der Waals surface area contributed by atoms with E-state index >= 15 is 0 Å². The van der Waals surface area contributed by atoms with E-state index in [1.165, 1.54) is 4.90 Å². The maximum absolute atomic E-state index is 13.0. The molecule has 31 heavy (non-hydrogen) atoms. The maximum atomic E-state index is 13.0. The number of fused-ring (bicyclic) bond motifs is 1. The molecule has 2 saturated heterocycles. The van der Waals surface area contributed by atoms with Gasteiger partial charge in [0.1, 0.15) is 0 Å². The molecule has 2 aliphatic heterocycles. The van der Waals surface area contributed by atoms with Crippen molar-refractivity contribution in [1.29, 1.82) is 0 Å². The molecule has 172 valence electrons. The van der Waals surface area contributed by atoms with Gasteiger partial charge in [-0.25, -0.2) is 0 Å². The lowest BCUT2D eigenvalue weighted by molar-refractivity contribution is -0.145. The summed E-state index contributed by atoms with van der Waals surface area (Å²) in [5.74, 6) is -0.803. The van der Waals surface area contributed by atoms with E-state index in [0.29, 0.717) is 25.0 Å². The van der Waals surface area contributed by atoms with Gasteiger partial charge < -0.3 is 14.5 Å². The third-order valence-corrected chi connectivity index (χ3v) is 5.60. The van der Waals surface area contributed by atoms with E-state index in [-0.39, 0.29) is 42.5 Å². The van der Waals surface area contributed by atoms with Crippen molar-refractivity contribution in [2.45, 2.75) is 50.4 Å². The first kappa shape index (κ1) is 23.4. The van der Waals surface area contributed by atoms with Crippen molar-refractivity contribution >= 4 is 11.8 Å². The number of hydrogen-bond donors (Lipinski definition) is 0. The van der Waals surface area contributed by atoms with Crippen molar-refractivity contribution in [3.8, 4) is 0 Å². The standard InChI is InChI=1S/C20H22F6N2O3/c1-27(2)18(30)12-5-15-8-16(9-28(15)17(29)6-12)31-10-11-3-13(19(21,22)23)7-14(4-11)20(24,25)26/h3-4,7,12,15-16H,5-6,8-10H2,1-2H3. The molecule has 2 fully saturated rings. The molecule has 1 aromatic rings. The molecule has 11 heteroatoms. The predicted molar refractivity (Wildman–Crippen MR) is 96.6 cm³/mol. The molecule has 0 aromatic heterocycles. The molecule has 1 aromatic carbocycles. The van der Waals surface area contributed by atoms with E-state index in [1.54, 1.807) is 19.0 Å². The first-order valence-electron chi connectivity index (χ1n) is 9.66. The molecule has 0 spiro atoms. The van der Waals surface area contributed by atoms with Gasteiger partial charge >= 0.3 is 12.4 Å². The number of alkyl halides is 6. The number of piperidine rings is 1. The Hall–Kier alpha value is -2.30. The Balaban J connectivity index is 1.69. The number of hydrogen-bond acceptors (Lipinski definition) is 3. The molecule has 2 heterocycles. The van der Waals surface area contributed by atoms with Gasteiger partial charge in [0.25, 0.3) is 0 Å². The molecule has 0 N–H and O–H groups in total. The SMILES string of the molecule is CN(C)C(=O)C1CC(=O)N2CC(OCc3cc(C(F)(F)F)cc(C(F)(F)F)c3)CC2C1. The van der Waals surface area contributed by atoms with Gasteiger partial charge in [-0.3, -0.25) is 9.59 Å². The van der Waals surface area contributed by atoms with Crippen LogP contribution in [0, 0.1) is 5.92 Å². The highest BCUT2D eigenvalue weighted by Crippen LogP contribution is 2.37. The van der Waals surface area contributed by atoms with Crippen LogP contribution in [0.2, 0.25) is 0 Å². The van der Waals surface area contributed by atoms with E-state index in [0.717, 1.165) is 0 Å². The summed E-state index contributed by atoms with van der Waals surface area (Å²) in [6.45, 7) is -0.260. The van der Waals surface area contributed by atoms with Crippen LogP contribution in [0.5, 0.6) is 0 Å². The smallest absolute Gasteiger partial charge is 0.372 e. The summed E-state index contributed by atoms with van der Waals surface area (Å²) in [6, 6.07) is 1.09. The van der Waals surface area contributed by atoms with Crippen LogP contribution in [0.3, 0.4) is 0 Å². The molecule has 3 rings (SSSR count). The number of carbonyl (C=O) groups excluding carboxylic acids is 2. The normalized spacial score (nSPS) is 24.3. The van der Waals surface area contributed by atoms with Gasteiger partial charge in [-0.15, -0.1) is 0 Å². The predicted octanol–water partition coefficient (Wildman–Crippen LogP) is 3.71. The zero-order valence-corrected chi connectivity index (χ0v) is 16.9. The molecular weight excluding hydrogens is 430 g/mol. The van der Waals surface area contributed by atoms with Crippen LogP contribution >= 0.6 is 0 Å². The summed E-state index contributed by atoms with van der Waals surface area (Å²) < 4.78 is 83.6.